The number of aliphatic hydroxyl groups is 1. The van der Waals surface area contributed by atoms with Crippen molar-refractivity contribution in [1.82, 2.24) is 4.98 Å². The number of aliphatic hydroxyl groups excluding tert-OH is 1. The van der Waals surface area contributed by atoms with Crippen molar-refractivity contribution >= 4 is 60.1 Å². The number of halogens is 1. The standard InChI is InChI=1S/C29H25BrN2O7S/c1-4-38-17-8-6-15(7-9-17)25(33)23-24(16-12-19(30)26(34)21(13-16)37-3)32(28(36)27(23)35)29-31-20-11-10-18(39-5-2)14-22(20)40-29/h6-14,24,33-34H,4-5H2,1-3H3/b25-23+. The summed E-state index contributed by atoms with van der Waals surface area (Å²) in [4.78, 5) is 33.0. The van der Waals surface area contributed by atoms with E-state index in [1.165, 1.54) is 29.4 Å². The van der Waals surface area contributed by atoms with Gasteiger partial charge in [0, 0.05) is 5.56 Å². The minimum Gasteiger partial charge on any atom is -0.507 e. The van der Waals surface area contributed by atoms with E-state index in [1.807, 2.05) is 19.9 Å². The molecule has 5 rings (SSSR count). The molecule has 1 saturated heterocycles. The molecule has 0 spiro atoms. The topological polar surface area (TPSA) is 118 Å². The van der Waals surface area contributed by atoms with Crippen molar-refractivity contribution in [2.45, 2.75) is 19.9 Å². The van der Waals surface area contributed by atoms with Gasteiger partial charge in [-0.15, -0.1) is 0 Å². The number of ether oxygens (including phenoxy) is 3. The first-order valence-electron chi connectivity index (χ1n) is 12.4. The average molecular weight is 625 g/mol. The van der Waals surface area contributed by atoms with Gasteiger partial charge in [0.25, 0.3) is 5.78 Å². The molecule has 1 atom stereocenters. The number of hydrogen-bond donors (Lipinski definition) is 2. The molecule has 1 aliphatic rings. The number of anilines is 1. The Bertz CT molecular complexity index is 1650. The number of Topliss-reactive ketones (excluding diaryl/α,β-unsaturated/α-hetero) is 1. The summed E-state index contributed by atoms with van der Waals surface area (Å²) >= 11 is 4.55. The average Bonchev–Trinajstić information content (AvgIpc) is 3.48. The highest BCUT2D eigenvalue weighted by atomic mass is 79.9. The highest BCUT2D eigenvalue weighted by Crippen LogP contribution is 2.47. The van der Waals surface area contributed by atoms with Crippen LogP contribution in [-0.2, 0) is 9.59 Å². The summed E-state index contributed by atoms with van der Waals surface area (Å²) in [5, 5.41) is 22.1. The second-order valence-corrected chi connectivity index (χ2v) is 10.6. The second-order valence-electron chi connectivity index (χ2n) is 8.74. The summed E-state index contributed by atoms with van der Waals surface area (Å²) in [5.41, 5.74) is 1.26. The maximum atomic E-state index is 13.6. The summed E-state index contributed by atoms with van der Waals surface area (Å²) in [6.45, 7) is 4.71. The molecule has 1 aromatic heterocycles. The van der Waals surface area contributed by atoms with Gasteiger partial charge in [-0.25, -0.2) is 4.98 Å². The number of benzene rings is 3. The lowest BCUT2D eigenvalue weighted by molar-refractivity contribution is -0.132. The molecule has 0 saturated carbocycles. The summed E-state index contributed by atoms with van der Waals surface area (Å²) in [6.07, 6.45) is 0. The van der Waals surface area contributed by atoms with Gasteiger partial charge in [0.05, 0.1) is 46.6 Å². The molecule has 9 nitrogen and oxygen atoms in total. The predicted octanol–water partition coefficient (Wildman–Crippen LogP) is 6.20. The van der Waals surface area contributed by atoms with Crippen molar-refractivity contribution in [3.8, 4) is 23.0 Å². The number of aromatic nitrogens is 1. The first-order chi connectivity index (χ1) is 19.3. The third-order valence-corrected chi connectivity index (χ3v) is 7.96. The molecular formula is C29H25BrN2O7S. The van der Waals surface area contributed by atoms with E-state index < -0.39 is 17.7 Å². The van der Waals surface area contributed by atoms with Crippen LogP contribution >= 0.6 is 27.3 Å². The molecule has 2 N–H and O–H groups in total. The molecule has 2 heterocycles. The van der Waals surface area contributed by atoms with E-state index in [1.54, 1.807) is 42.5 Å². The Morgan fingerprint density at radius 3 is 2.38 bits per heavy atom. The lowest BCUT2D eigenvalue weighted by atomic mass is 9.95. The van der Waals surface area contributed by atoms with Crippen molar-refractivity contribution < 1.29 is 34.0 Å². The summed E-state index contributed by atoms with van der Waals surface area (Å²) in [6, 6.07) is 14.0. The molecular weight excluding hydrogens is 600 g/mol. The van der Waals surface area contributed by atoms with Crippen molar-refractivity contribution in [1.29, 1.82) is 0 Å². The van der Waals surface area contributed by atoms with Crippen LogP contribution in [-0.4, -0.2) is 47.2 Å². The minimum absolute atomic E-state index is 0.122. The van der Waals surface area contributed by atoms with Gasteiger partial charge in [-0.3, -0.25) is 14.5 Å². The third kappa shape index (κ3) is 4.86. The molecule has 1 aliphatic heterocycles. The van der Waals surface area contributed by atoms with Gasteiger partial charge in [-0.2, -0.15) is 0 Å². The van der Waals surface area contributed by atoms with E-state index in [0.717, 1.165) is 4.70 Å². The molecule has 40 heavy (non-hydrogen) atoms. The van der Waals surface area contributed by atoms with Gasteiger partial charge in [-0.05, 0) is 89.9 Å². The van der Waals surface area contributed by atoms with Gasteiger partial charge >= 0.3 is 5.91 Å². The van der Waals surface area contributed by atoms with Crippen molar-refractivity contribution in [2.75, 3.05) is 25.2 Å². The molecule has 206 valence electrons. The van der Waals surface area contributed by atoms with E-state index in [-0.39, 0.29) is 28.0 Å². The van der Waals surface area contributed by atoms with E-state index in [0.29, 0.717) is 45.8 Å². The molecule has 0 aliphatic carbocycles. The van der Waals surface area contributed by atoms with Crippen LogP contribution in [0.5, 0.6) is 23.0 Å². The van der Waals surface area contributed by atoms with Crippen LogP contribution in [0.25, 0.3) is 16.0 Å². The normalized spacial score (nSPS) is 16.5. The number of ketones is 1. The van der Waals surface area contributed by atoms with Crippen LogP contribution in [0.2, 0.25) is 0 Å². The lowest BCUT2D eigenvalue weighted by Crippen LogP contribution is -2.29. The number of phenols is 1. The number of methoxy groups -OCH3 is 1. The van der Waals surface area contributed by atoms with Crippen LogP contribution in [0.15, 0.2) is 64.6 Å². The molecule has 3 aromatic carbocycles. The highest BCUT2D eigenvalue weighted by Gasteiger charge is 2.48. The number of phenolic OH excluding ortho intramolecular Hbond substituents is 1. The number of rotatable bonds is 8. The fourth-order valence-electron chi connectivity index (χ4n) is 4.54. The Kier molecular flexibility index (Phi) is 7.68. The van der Waals surface area contributed by atoms with Gasteiger partial charge in [-0.1, -0.05) is 11.3 Å². The lowest BCUT2D eigenvalue weighted by Gasteiger charge is -2.24. The molecule has 11 heteroatoms. The van der Waals surface area contributed by atoms with E-state index in [2.05, 4.69) is 20.9 Å². The number of hydrogen-bond acceptors (Lipinski definition) is 9. The van der Waals surface area contributed by atoms with Gasteiger partial charge in [0.15, 0.2) is 16.6 Å². The molecule has 0 bridgehead atoms. The van der Waals surface area contributed by atoms with Gasteiger partial charge in [0.1, 0.15) is 17.3 Å². The van der Waals surface area contributed by atoms with Crippen molar-refractivity contribution in [2.24, 2.45) is 0 Å². The maximum absolute atomic E-state index is 13.6. The van der Waals surface area contributed by atoms with Crippen LogP contribution in [0.4, 0.5) is 5.13 Å². The largest absolute Gasteiger partial charge is 0.507 e. The molecule has 4 aromatic rings. The first-order valence-corrected chi connectivity index (χ1v) is 14.0. The van der Waals surface area contributed by atoms with Crippen LogP contribution in [0, 0.1) is 0 Å². The third-order valence-electron chi connectivity index (χ3n) is 6.34. The van der Waals surface area contributed by atoms with E-state index in [4.69, 9.17) is 14.2 Å². The Labute approximate surface area is 242 Å². The highest BCUT2D eigenvalue weighted by molar-refractivity contribution is 9.10. The SMILES string of the molecule is CCOc1ccc(/C(O)=C2\C(=O)C(=O)N(c3nc4ccc(OCC)cc4s3)C2c2cc(Br)c(O)c(OC)c2)cc1. The zero-order valence-corrected chi connectivity index (χ0v) is 24.2. The number of amides is 1. The maximum Gasteiger partial charge on any atom is 0.301 e. The first kappa shape index (κ1) is 27.5. The molecule has 1 unspecified atom stereocenters. The Morgan fingerprint density at radius 2 is 1.70 bits per heavy atom. The van der Waals surface area contributed by atoms with Crippen LogP contribution in [0.3, 0.4) is 0 Å². The smallest absolute Gasteiger partial charge is 0.301 e. The Balaban J connectivity index is 1.71. The molecule has 1 amide bonds. The van der Waals surface area contributed by atoms with Crippen molar-refractivity contribution in [3.05, 3.63) is 75.8 Å². The Hall–Kier alpha value is -4.09. The quantitative estimate of drug-likeness (QED) is 0.135. The van der Waals surface area contributed by atoms with Crippen LogP contribution in [0.1, 0.15) is 31.0 Å². The number of fused-ring (bicyclic) bond motifs is 1. The Morgan fingerprint density at radius 1 is 1.02 bits per heavy atom. The summed E-state index contributed by atoms with van der Waals surface area (Å²) in [5.74, 6) is -0.814. The molecule has 0 radical (unpaired) electrons. The summed E-state index contributed by atoms with van der Waals surface area (Å²) < 4.78 is 17.5. The zero-order chi connectivity index (χ0) is 28.6. The minimum atomic E-state index is -1.07. The van der Waals surface area contributed by atoms with Gasteiger partial charge in [0.2, 0.25) is 0 Å². The van der Waals surface area contributed by atoms with Crippen molar-refractivity contribution in [3.63, 3.8) is 0 Å². The van der Waals surface area contributed by atoms with Gasteiger partial charge < -0.3 is 24.4 Å². The zero-order valence-electron chi connectivity index (χ0n) is 21.8. The number of carbonyl (C=O) groups excluding carboxylic acids is 2. The van der Waals surface area contributed by atoms with E-state index in [9.17, 15) is 19.8 Å². The second kappa shape index (κ2) is 11.2. The predicted molar refractivity (Wildman–Crippen MR) is 156 cm³/mol. The fourth-order valence-corrected chi connectivity index (χ4v) is 6.02. The molecule has 1 fully saturated rings. The summed E-state index contributed by atoms with van der Waals surface area (Å²) in [7, 11) is 1.39. The van der Waals surface area contributed by atoms with Crippen LogP contribution < -0.4 is 19.1 Å². The van der Waals surface area contributed by atoms with E-state index >= 15 is 0 Å². The number of thiazole rings is 1. The number of aromatic hydroxyl groups is 1. The monoisotopic (exact) mass is 624 g/mol. The number of nitrogens with zero attached hydrogens (tertiary/aromatic N) is 2. The number of carbonyl (C=O) groups is 2. The fraction of sp³-hybridized carbons (Fsp3) is 0.207.